The van der Waals surface area contributed by atoms with Crippen molar-refractivity contribution in [2.24, 2.45) is 5.73 Å². The summed E-state index contributed by atoms with van der Waals surface area (Å²) in [5.74, 6) is 0.0168. The molecule has 1 rings (SSSR count). The third-order valence-electron chi connectivity index (χ3n) is 2.85. The Morgan fingerprint density at radius 2 is 2.32 bits per heavy atom. The van der Waals surface area contributed by atoms with Gasteiger partial charge in [0.25, 0.3) is 0 Å². The summed E-state index contributed by atoms with van der Waals surface area (Å²) in [6.45, 7) is 3.92. The predicted octanol–water partition coefficient (Wildman–Crippen LogP) is 2.61. The number of thiophene rings is 1. The van der Waals surface area contributed by atoms with Crippen LogP contribution in [0.3, 0.4) is 0 Å². The van der Waals surface area contributed by atoms with Gasteiger partial charge in [0.15, 0.2) is 0 Å². The number of carbonyl (C=O) groups is 1. The third kappa shape index (κ3) is 5.60. The highest BCUT2D eigenvalue weighted by molar-refractivity contribution is 9.11. The summed E-state index contributed by atoms with van der Waals surface area (Å²) in [5, 5.41) is 0. The Hall–Kier alpha value is -0.430. The van der Waals surface area contributed by atoms with E-state index in [0.717, 1.165) is 15.1 Å². The van der Waals surface area contributed by atoms with Crippen LogP contribution in [0.5, 0.6) is 0 Å². The third-order valence-corrected chi connectivity index (χ3v) is 4.46. The van der Waals surface area contributed by atoms with Gasteiger partial charge in [0.2, 0.25) is 5.91 Å². The molecule has 0 fully saturated rings. The van der Waals surface area contributed by atoms with Crippen LogP contribution in [0.1, 0.15) is 24.6 Å². The Bertz CT molecular complexity index is 398. The van der Waals surface area contributed by atoms with Gasteiger partial charge in [0, 0.05) is 25.1 Å². The average Bonchev–Trinajstić information content (AvgIpc) is 2.81. The Labute approximate surface area is 127 Å². The van der Waals surface area contributed by atoms with Crippen molar-refractivity contribution in [2.75, 3.05) is 20.3 Å². The molecule has 0 saturated carbocycles. The van der Waals surface area contributed by atoms with Gasteiger partial charge >= 0.3 is 0 Å². The number of hydrogen-bond acceptors (Lipinski definition) is 4. The molecule has 2 N–H and O–H groups in total. The van der Waals surface area contributed by atoms with Gasteiger partial charge in [-0.1, -0.05) is 0 Å². The van der Waals surface area contributed by atoms with Crippen molar-refractivity contribution in [2.45, 2.75) is 32.4 Å². The van der Waals surface area contributed by atoms with Gasteiger partial charge in [-0.25, -0.2) is 0 Å². The SMILES string of the molecule is CCN(Cc1ccc(Br)s1)C(=O)C(N)CCCOC. The van der Waals surface area contributed by atoms with Crippen LogP contribution >= 0.6 is 27.3 Å². The number of amides is 1. The highest BCUT2D eigenvalue weighted by atomic mass is 79.9. The summed E-state index contributed by atoms with van der Waals surface area (Å²) in [6.07, 6.45) is 1.48. The monoisotopic (exact) mass is 348 g/mol. The molecule has 1 heterocycles. The molecule has 0 aromatic carbocycles. The lowest BCUT2D eigenvalue weighted by Gasteiger charge is -2.23. The summed E-state index contributed by atoms with van der Waals surface area (Å²) in [7, 11) is 1.65. The molecule has 4 nitrogen and oxygen atoms in total. The van der Waals surface area contributed by atoms with Crippen LogP contribution in [0.4, 0.5) is 0 Å². The molecule has 6 heteroatoms. The maximum Gasteiger partial charge on any atom is 0.239 e. The van der Waals surface area contributed by atoms with Crippen molar-refractivity contribution in [3.8, 4) is 0 Å². The molecule has 0 spiro atoms. The van der Waals surface area contributed by atoms with E-state index in [1.807, 2.05) is 19.1 Å². The highest BCUT2D eigenvalue weighted by Crippen LogP contribution is 2.23. The van der Waals surface area contributed by atoms with Crippen molar-refractivity contribution in [1.29, 1.82) is 0 Å². The lowest BCUT2D eigenvalue weighted by molar-refractivity contribution is -0.133. The molecule has 0 saturated heterocycles. The van der Waals surface area contributed by atoms with Crippen molar-refractivity contribution >= 4 is 33.2 Å². The molecule has 1 atom stereocenters. The highest BCUT2D eigenvalue weighted by Gasteiger charge is 2.20. The first kappa shape index (κ1) is 16.6. The van der Waals surface area contributed by atoms with E-state index in [9.17, 15) is 4.79 Å². The van der Waals surface area contributed by atoms with E-state index in [2.05, 4.69) is 15.9 Å². The zero-order valence-corrected chi connectivity index (χ0v) is 13.8. The molecule has 0 bridgehead atoms. The molecule has 1 aromatic rings. The molecule has 108 valence electrons. The Morgan fingerprint density at radius 3 is 2.84 bits per heavy atom. The topological polar surface area (TPSA) is 55.6 Å². The second-order valence-electron chi connectivity index (χ2n) is 4.30. The smallest absolute Gasteiger partial charge is 0.239 e. The first-order chi connectivity index (χ1) is 9.08. The van der Waals surface area contributed by atoms with E-state index < -0.39 is 6.04 Å². The Balaban J connectivity index is 2.51. The quantitative estimate of drug-likeness (QED) is 0.734. The van der Waals surface area contributed by atoms with Gasteiger partial charge < -0.3 is 15.4 Å². The maximum atomic E-state index is 12.2. The molecule has 1 amide bonds. The fraction of sp³-hybridized carbons (Fsp3) is 0.615. The standard InChI is InChI=1S/C13H21BrN2O2S/c1-3-16(9-10-6-7-12(14)19-10)13(17)11(15)5-4-8-18-2/h6-7,11H,3-5,8-9,15H2,1-2H3. The molecule has 0 radical (unpaired) electrons. The van der Waals surface area contributed by atoms with Gasteiger partial charge in [0.1, 0.15) is 0 Å². The van der Waals surface area contributed by atoms with E-state index in [1.165, 1.54) is 0 Å². The van der Waals surface area contributed by atoms with Crippen LogP contribution in [0.15, 0.2) is 15.9 Å². The van der Waals surface area contributed by atoms with Crippen molar-refractivity contribution in [3.05, 3.63) is 20.8 Å². The van der Waals surface area contributed by atoms with Crippen LogP contribution in [0.2, 0.25) is 0 Å². The molecule has 0 aliphatic rings. The zero-order valence-electron chi connectivity index (χ0n) is 11.4. The number of ether oxygens (including phenoxy) is 1. The lowest BCUT2D eigenvalue weighted by atomic mass is 10.1. The molecular formula is C13H21BrN2O2S. The van der Waals surface area contributed by atoms with Gasteiger partial charge in [-0.15, -0.1) is 11.3 Å². The summed E-state index contributed by atoms with van der Waals surface area (Å²) in [6, 6.07) is 3.59. The molecule has 0 aliphatic carbocycles. The average molecular weight is 349 g/mol. The van der Waals surface area contributed by atoms with Crippen LogP contribution in [-0.4, -0.2) is 37.1 Å². The minimum Gasteiger partial charge on any atom is -0.385 e. The number of nitrogens with two attached hydrogens (primary N) is 1. The minimum absolute atomic E-state index is 0.0168. The van der Waals surface area contributed by atoms with Gasteiger partial charge in [-0.05, 0) is 47.8 Å². The van der Waals surface area contributed by atoms with Crippen molar-refractivity contribution in [1.82, 2.24) is 4.90 Å². The van der Waals surface area contributed by atoms with Gasteiger partial charge in [-0.2, -0.15) is 0 Å². The van der Waals surface area contributed by atoms with Crippen LogP contribution in [0.25, 0.3) is 0 Å². The Morgan fingerprint density at radius 1 is 1.58 bits per heavy atom. The fourth-order valence-electron chi connectivity index (χ4n) is 1.78. The number of likely N-dealkylation sites (N-methyl/N-ethyl adjacent to an activating group) is 1. The lowest BCUT2D eigenvalue weighted by Crippen LogP contribution is -2.43. The summed E-state index contributed by atoms with van der Waals surface area (Å²) in [5.41, 5.74) is 5.94. The molecule has 1 unspecified atom stereocenters. The van der Waals surface area contributed by atoms with Crippen LogP contribution in [0, 0.1) is 0 Å². The van der Waals surface area contributed by atoms with E-state index in [1.54, 1.807) is 23.3 Å². The number of methoxy groups -OCH3 is 1. The fourth-order valence-corrected chi connectivity index (χ4v) is 3.27. The number of carbonyl (C=O) groups excluding carboxylic acids is 1. The summed E-state index contributed by atoms with van der Waals surface area (Å²) < 4.78 is 6.05. The first-order valence-electron chi connectivity index (χ1n) is 6.36. The molecule has 1 aromatic heterocycles. The second kappa shape index (κ2) is 8.68. The molecule has 19 heavy (non-hydrogen) atoms. The molecular weight excluding hydrogens is 328 g/mol. The van der Waals surface area contributed by atoms with Crippen LogP contribution < -0.4 is 5.73 Å². The van der Waals surface area contributed by atoms with E-state index in [-0.39, 0.29) is 5.91 Å². The first-order valence-corrected chi connectivity index (χ1v) is 7.97. The van der Waals surface area contributed by atoms with Crippen molar-refractivity contribution < 1.29 is 9.53 Å². The number of hydrogen-bond donors (Lipinski definition) is 1. The number of nitrogens with zero attached hydrogens (tertiary/aromatic N) is 1. The maximum absolute atomic E-state index is 12.2. The minimum atomic E-state index is -0.432. The van der Waals surface area contributed by atoms with Crippen molar-refractivity contribution in [3.63, 3.8) is 0 Å². The summed E-state index contributed by atoms with van der Waals surface area (Å²) in [4.78, 5) is 15.2. The van der Waals surface area contributed by atoms with Crippen LogP contribution in [-0.2, 0) is 16.1 Å². The number of rotatable bonds is 8. The largest absolute Gasteiger partial charge is 0.385 e. The van der Waals surface area contributed by atoms with Gasteiger partial charge in [-0.3, -0.25) is 4.79 Å². The molecule has 0 aliphatic heterocycles. The number of halogens is 1. The second-order valence-corrected chi connectivity index (χ2v) is 6.85. The predicted molar refractivity (Wildman–Crippen MR) is 82.2 cm³/mol. The van der Waals surface area contributed by atoms with E-state index >= 15 is 0 Å². The summed E-state index contributed by atoms with van der Waals surface area (Å²) >= 11 is 5.07. The Kier molecular flexibility index (Phi) is 7.60. The normalized spacial score (nSPS) is 12.4. The van der Waals surface area contributed by atoms with Gasteiger partial charge in [0.05, 0.1) is 16.4 Å². The van der Waals surface area contributed by atoms with E-state index in [0.29, 0.717) is 26.1 Å². The zero-order chi connectivity index (χ0) is 14.3. The van der Waals surface area contributed by atoms with E-state index in [4.69, 9.17) is 10.5 Å².